The van der Waals surface area contributed by atoms with E-state index < -0.39 is 0 Å². The fraction of sp³-hybridized carbons (Fsp3) is 0.154. The van der Waals surface area contributed by atoms with Crippen molar-refractivity contribution in [3.63, 3.8) is 0 Å². The molecule has 1 aromatic carbocycles. The number of nitrogens with two attached hydrogens (primary N) is 1. The molecule has 0 aliphatic rings. The molecule has 0 saturated carbocycles. The number of nitrogens with zero attached hydrogens (tertiary/aromatic N) is 2. The Morgan fingerprint density at radius 3 is 2.74 bits per heavy atom. The summed E-state index contributed by atoms with van der Waals surface area (Å²) in [5.41, 5.74) is 0.886. The molecule has 0 unspecified atom stereocenters. The topological polar surface area (TPSA) is 78.0 Å². The molecular formula is C13H13N3O2S. The van der Waals surface area contributed by atoms with Gasteiger partial charge in [0.15, 0.2) is 10.9 Å². The van der Waals surface area contributed by atoms with Crippen molar-refractivity contribution in [3.8, 4) is 0 Å². The summed E-state index contributed by atoms with van der Waals surface area (Å²) in [6.07, 6.45) is 0. The van der Waals surface area contributed by atoms with E-state index in [1.165, 1.54) is 6.07 Å². The highest BCUT2D eigenvalue weighted by Crippen LogP contribution is 2.14. The fourth-order valence-electron chi connectivity index (χ4n) is 1.52. The molecular weight excluding hydrogens is 262 g/mol. The van der Waals surface area contributed by atoms with Crippen LogP contribution in [-0.2, 0) is 0 Å². The Morgan fingerprint density at radius 1 is 1.37 bits per heavy atom. The number of hydrogen-bond acceptors (Lipinski definition) is 5. The lowest BCUT2D eigenvalue weighted by Crippen LogP contribution is -2.29. The SMILES string of the molecule is Cc1cc(=O)n(N)c(SCC(=O)c2ccccc2)n1. The standard InChI is InChI=1S/C13H13N3O2S/c1-9-7-12(18)16(14)13(15-9)19-8-11(17)10-5-3-2-4-6-10/h2-7H,8,14H2,1H3. The van der Waals surface area contributed by atoms with Crippen molar-refractivity contribution in [3.05, 3.63) is 58.0 Å². The molecule has 2 rings (SSSR count). The van der Waals surface area contributed by atoms with E-state index in [2.05, 4.69) is 4.98 Å². The van der Waals surface area contributed by atoms with Gasteiger partial charge in [0.25, 0.3) is 5.56 Å². The lowest BCUT2D eigenvalue weighted by atomic mass is 10.2. The van der Waals surface area contributed by atoms with Crippen molar-refractivity contribution in [2.24, 2.45) is 0 Å². The minimum atomic E-state index is -0.331. The molecule has 6 heteroatoms. The molecule has 0 aliphatic heterocycles. The van der Waals surface area contributed by atoms with Gasteiger partial charge in [-0.25, -0.2) is 9.66 Å². The van der Waals surface area contributed by atoms with E-state index >= 15 is 0 Å². The normalized spacial score (nSPS) is 10.4. The first-order chi connectivity index (χ1) is 9.08. The van der Waals surface area contributed by atoms with Gasteiger partial charge in [0.05, 0.1) is 5.75 Å². The Balaban J connectivity index is 2.12. The average molecular weight is 275 g/mol. The molecule has 0 atom stereocenters. The lowest BCUT2D eigenvalue weighted by Gasteiger charge is -2.06. The van der Waals surface area contributed by atoms with E-state index in [1.54, 1.807) is 19.1 Å². The third-order valence-electron chi connectivity index (χ3n) is 2.48. The van der Waals surface area contributed by atoms with E-state index in [-0.39, 0.29) is 17.1 Å². The number of rotatable bonds is 4. The van der Waals surface area contributed by atoms with Crippen molar-refractivity contribution < 1.29 is 4.79 Å². The second-order valence-electron chi connectivity index (χ2n) is 3.97. The summed E-state index contributed by atoms with van der Waals surface area (Å²) in [5.74, 6) is 5.75. The van der Waals surface area contributed by atoms with Crippen LogP contribution >= 0.6 is 11.8 Å². The Kier molecular flexibility index (Phi) is 4.01. The van der Waals surface area contributed by atoms with Crippen LogP contribution in [0, 0.1) is 6.92 Å². The number of aryl methyl sites for hydroxylation is 1. The van der Waals surface area contributed by atoms with Crippen LogP contribution in [0.15, 0.2) is 46.3 Å². The van der Waals surface area contributed by atoms with Gasteiger partial charge in [-0.2, -0.15) is 0 Å². The number of Topliss-reactive ketones (excluding diaryl/α,β-unsaturated/α-hetero) is 1. The predicted octanol–water partition coefficient (Wildman–Crippen LogP) is 1.24. The quantitative estimate of drug-likeness (QED) is 0.393. The number of thioether (sulfide) groups is 1. The van der Waals surface area contributed by atoms with Gasteiger partial charge in [-0.1, -0.05) is 42.1 Å². The molecule has 0 amide bonds. The molecule has 98 valence electrons. The highest BCUT2D eigenvalue weighted by Gasteiger charge is 2.10. The molecule has 0 aliphatic carbocycles. The number of carbonyl (C=O) groups excluding carboxylic acids is 1. The first-order valence-corrected chi connectivity index (χ1v) is 6.63. The van der Waals surface area contributed by atoms with Gasteiger partial charge in [-0.05, 0) is 6.92 Å². The summed E-state index contributed by atoms with van der Waals surface area (Å²) >= 11 is 1.16. The van der Waals surface area contributed by atoms with Gasteiger partial charge in [0.1, 0.15) is 0 Å². The molecule has 1 aromatic heterocycles. The Labute approximate surface area is 114 Å². The van der Waals surface area contributed by atoms with E-state index in [0.717, 1.165) is 16.4 Å². The van der Waals surface area contributed by atoms with E-state index in [9.17, 15) is 9.59 Å². The second kappa shape index (κ2) is 5.71. The smallest absolute Gasteiger partial charge is 0.272 e. The molecule has 0 radical (unpaired) electrons. The summed E-state index contributed by atoms with van der Waals surface area (Å²) in [6, 6.07) is 10.3. The summed E-state index contributed by atoms with van der Waals surface area (Å²) in [7, 11) is 0. The van der Waals surface area contributed by atoms with Crippen molar-refractivity contribution in [1.29, 1.82) is 0 Å². The van der Waals surface area contributed by atoms with Crippen molar-refractivity contribution in [1.82, 2.24) is 9.66 Å². The molecule has 0 fully saturated rings. The number of aromatic nitrogens is 2. The van der Waals surface area contributed by atoms with Crippen LogP contribution in [0.2, 0.25) is 0 Å². The molecule has 0 saturated heterocycles. The van der Waals surface area contributed by atoms with Gasteiger partial charge >= 0.3 is 0 Å². The zero-order chi connectivity index (χ0) is 13.8. The van der Waals surface area contributed by atoms with Crippen LogP contribution in [0.5, 0.6) is 0 Å². The number of benzene rings is 1. The maximum Gasteiger partial charge on any atom is 0.272 e. The van der Waals surface area contributed by atoms with Crippen LogP contribution in [0.3, 0.4) is 0 Å². The molecule has 19 heavy (non-hydrogen) atoms. The third kappa shape index (κ3) is 3.23. The Bertz CT molecular complexity index is 653. The zero-order valence-corrected chi connectivity index (χ0v) is 11.2. The van der Waals surface area contributed by atoms with E-state index in [4.69, 9.17) is 5.84 Å². The third-order valence-corrected chi connectivity index (χ3v) is 3.43. The van der Waals surface area contributed by atoms with Gasteiger partial charge in [0, 0.05) is 17.3 Å². The number of carbonyl (C=O) groups is 1. The first-order valence-electron chi connectivity index (χ1n) is 5.65. The Morgan fingerprint density at radius 2 is 2.05 bits per heavy atom. The summed E-state index contributed by atoms with van der Waals surface area (Å²) in [5, 5.41) is 0.342. The fourth-order valence-corrected chi connectivity index (χ4v) is 2.38. The molecule has 0 bridgehead atoms. The summed E-state index contributed by atoms with van der Waals surface area (Å²) in [6.45, 7) is 1.71. The molecule has 2 aromatic rings. The van der Waals surface area contributed by atoms with E-state index in [1.807, 2.05) is 18.2 Å². The van der Waals surface area contributed by atoms with Crippen LogP contribution in [-0.4, -0.2) is 21.2 Å². The largest absolute Gasteiger partial charge is 0.334 e. The molecule has 0 spiro atoms. The highest BCUT2D eigenvalue weighted by molar-refractivity contribution is 7.99. The number of hydrogen-bond donors (Lipinski definition) is 1. The summed E-state index contributed by atoms with van der Waals surface area (Å²) < 4.78 is 0.954. The van der Waals surface area contributed by atoms with E-state index in [0.29, 0.717) is 16.4 Å². The van der Waals surface area contributed by atoms with Crippen molar-refractivity contribution >= 4 is 17.5 Å². The summed E-state index contributed by atoms with van der Waals surface area (Å²) in [4.78, 5) is 27.5. The Hall–Kier alpha value is -2.08. The maximum atomic E-state index is 11.9. The van der Waals surface area contributed by atoms with Crippen LogP contribution in [0.25, 0.3) is 0 Å². The van der Waals surface area contributed by atoms with Gasteiger partial charge in [-0.15, -0.1) is 0 Å². The monoisotopic (exact) mass is 275 g/mol. The van der Waals surface area contributed by atoms with Crippen LogP contribution in [0.1, 0.15) is 16.1 Å². The van der Waals surface area contributed by atoms with Crippen LogP contribution in [0.4, 0.5) is 0 Å². The molecule has 2 N–H and O–H groups in total. The predicted molar refractivity (Wildman–Crippen MR) is 74.9 cm³/mol. The van der Waals surface area contributed by atoms with Crippen molar-refractivity contribution in [2.75, 3.05) is 11.6 Å². The highest BCUT2D eigenvalue weighted by atomic mass is 32.2. The van der Waals surface area contributed by atoms with Crippen LogP contribution < -0.4 is 11.4 Å². The second-order valence-corrected chi connectivity index (χ2v) is 4.91. The number of ketones is 1. The molecule has 5 nitrogen and oxygen atoms in total. The minimum Gasteiger partial charge on any atom is -0.334 e. The van der Waals surface area contributed by atoms with Gasteiger partial charge in [0.2, 0.25) is 0 Å². The number of nitrogen functional groups attached to an aromatic ring is 1. The minimum absolute atomic E-state index is 0.0265. The first kappa shape index (κ1) is 13.4. The van der Waals surface area contributed by atoms with Gasteiger partial charge in [-0.3, -0.25) is 9.59 Å². The van der Waals surface area contributed by atoms with Crippen molar-refractivity contribution in [2.45, 2.75) is 12.1 Å². The average Bonchev–Trinajstić information content (AvgIpc) is 2.41. The zero-order valence-electron chi connectivity index (χ0n) is 10.4. The van der Waals surface area contributed by atoms with Gasteiger partial charge < -0.3 is 5.84 Å². The molecule has 1 heterocycles. The lowest BCUT2D eigenvalue weighted by molar-refractivity contribution is 0.102. The maximum absolute atomic E-state index is 11.9.